The molecule has 3 aliphatic rings. The minimum atomic E-state index is -1.10. The van der Waals surface area contributed by atoms with E-state index in [-0.39, 0.29) is 18.1 Å². The van der Waals surface area contributed by atoms with Crippen LogP contribution in [0, 0.1) is 5.92 Å². The van der Waals surface area contributed by atoms with Gasteiger partial charge in [-0.05, 0) is 51.2 Å². The molecule has 29 heavy (non-hydrogen) atoms. The molecule has 2 fully saturated rings. The number of piperidine rings is 1. The maximum atomic E-state index is 13.2. The third-order valence-corrected chi connectivity index (χ3v) is 6.45. The second-order valence-electron chi connectivity index (χ2n) is 9.17. The molecular weight excluding hydrogens is 368 g/mol. The van der Waals surface area contributed by atoms with E-state index in [9.17, 15) is 9.59 Å². The van der Waals surface area contributed by atoms with Gasteiger partial charge >= 0.3 is 5.97 Å². The van der Waals surface area contributed by atoms with E-state index < -0.39 is 11.6 Å². The molecule has 1 amide bonds. The first kappa shape index (κ1) is 20.4. The summed E-state index contributed by atoms with van der Waals surface area (Å²) in [5.74, 6) is 0.138. The molecule has 1 aromatic rings. The van der Waals surface area contributed by atoms with Gasteiger partial charge in [-0.3, -0.25) is 9.69 Å². The van der Waals surface area contributed by atoms with E-state index >= 15 is 0 Å². The number of esters is 1. The Morgan fingerprint density at radius 3 is 2.48 bits per heavy atom. The van der Waals surface area contributed by atoms with Crippen molar-refractivity contribution in [2.75, 3.05) is 32.7 Å². The third kappa shape index (κ3) is 4.33. The van der Waals surface area contributed by atoms with Crippen LogP contribution in [0.15, 0.2) is 24.3 Å². The van der Waals surface area contributed by atoms with Crippen molar-refractivity contribution in [3.8, 4) is 0 Å². The summed E-state index contributed by atoms with van der Waals surface area (Å²) in [6, 6.07) is 7.41. The summed E-state index contributed by atoms with van der Waals surface area (Å²) in [4.78, 5) is 30.0. The fraction of sp³-hybridized carbons (Fsp3) is 0.652. The molecule has 6 nitrogen and oxygen atoms in total. The minimum absolute atomic E-state index is 0.0626. The smallest absolute Gasteiger partial charge is 0.339 e. The maximum absolute atomic E-state index is 13.2. The monoisotopic (exact) mass is 400 g/mol. The van der Waals surface area contributed by atoms with Crippen LogP contribution in [-0.4, -0.2) is 72.2 Å². The van der Waals surface area contributed by atoms with Gasteiger partial charge in [0, 0.05) is 39.1 Å². The van der Waals surface area contributed by atoms with Crippen molar-refractivity contribution in [2.24, 2.45) is 5.92 Å². The number of rotatable bonds is 3. The summed E-state index contributed by atoms with van der Waals surface area (Å²) in [7, 11) is 0. The summed E-state index contributed by atoms with van der Waals surface area (Å²) in [5.41, 5.74) is 0.364. The number of ether oxygens (including phenoxy) is 2. The van der Waals surface area contributed by atoms with Crippen LogP contribution in [-0.2, 0) is 20.7 Å². The lowest BCUT2D eigenvalue weighted by Crippen LogP contribution is -2.55. The lowest BCUT2D eigenvalue weighted by molar-refractivity contribution is -0.152. The molecule has 0 spiro atoms. The Morgan fingerprint density at radius 2 is 1.79 bits per heavy atom. The number of benzene rings is 1. The Kier molecular flexibility index (Phi) is 5.67. The van der Waals surface area contributed by atoms with Crippen molar-refractivity contribution < 1.29 is 19.1 Å². The number of likely N-dealkylation sites (tertiary alicyclic amines) is 1. The second kappa shape index (κ2) is 8.07. The highest BCUT2D eigenvalue weighted by Crippen LogP contribution is 2.31. The molecule has 3 atom stereocenters. The van der Waals surface area contributed by atoms with Gasteiger partial charge in [0.1, 0.15) is 0 Å². The number of fused-ring (bicyclic) bond motifs is 1. The molecule has 3 unspecified atom stereocenters. The van der Waals surface area contributed by atoms with E-state index in [4.69, 9.17) is 9.47 Å². The number of hydrogen-bond donors (Lipinski definition) is 0. The summed E-state index contributed by atoms with van der Waals surface area (Å²) >= 11 is 0. The summed E-state index contributed by atoms with van der Waals surface area (Å²) < 4.78 is 11.5. The van der Waals surface area contributed by atoms with Gasteiger partial charge < -0.3 is 14.4 Å². The van der Waals surface area contributed by atoms with Crippen LogP contribution < -0.4 is 0 Å². The van der Waals surface area contributed by atoms with E-state index in [0.29, 0.717) is 17.9 Å². The SMILES string of the molecule is CC1CN(CC2CCN(C(=O)C3(C)Cc4ccccc4C(=O)O3)CC2)CC(C)O1. The highest BCUT2D eigenvalue weighted by molar-refractivity contribution is 5.97. The molecule has 0 bridgehead atoms. The molecule has 3 aliphatic heterocycles. The highest BCUT2D eigenvalue weighted by atomic mass is 16.6. The number of carbonyl (C=O) groups excluding carboxylic acids is 2. The fourth-order valence-corrected chi connectivity index (χ4v) is 5.10. The lowest BCUT2D eigenvalue weighted by atomic mass is 9.87. The van der Waals surface area contributed by atoms with Crippen molar-refractivity contribution >= 4 is 11.9 Å². The molecule has 0 aliphatic carbocycles. The van der Waals surface area contributed by atoms with Crippen molar-refractivity contribution in [3.05, 3.63) is 35.4 Å². The van der Waals surface area contributed by atoms with Gasteiger partial charge in [0.25, 0.3) is 5.91 Å². The van der Waals surface area contributed by atoms with E-state index in [1.807, 2.05) is 23.1 Å². The Balaban J connectivity index is 1.34. The first-order chi connectivity index (χ1) is 13.8. The fourth-order valence-electron chi connectivity index (χ4n) is 5.10. The van der Waals surface area contributed by atoms with E-state index in [0.717, 1.165) is 51.1 Å². The van der Waals surface area contributed by atoms with E-state index in [2.05, 4.69) is 18.7 Å². The highest BCUT2D eigenvalue weighted by Gasteiger charge is 2.45. The third-order valence-electron chi connectivity index (χ3n) is 6.45. The van der Waals surface area contributed by atoms with Gasteiger partial charge in [-0.15, -0.1) is 0 Å². The summed E-state index contributed by atoms with van der Waals surface area (Å²) in [5, 5.41) is 0. The van der Waals surface area contributed by atoms with Crippen molar-refractivity contribution in [1.82, 2.24) is 9.80 Å². The van der Waals surface area contributed by atoms with Crippen LogP contribution in [0.1, 0.15) is 49.5 Å². The molecular formula is C23H32N2O4. The quantitative estimate of drug-likeness (QED) is 0.730. The number of nitrogens with zero attached hydrogens (tertiary/aromatic N) is 2. The van der Waals surface area contributed by atoms with E-state index in [1.165, 1.54) is 0 Å². The second-order valence-corrected chi connectivity index (χ2v) is 9.17. The van der Waals surface area contributed by atoms with Crippen LogP contribution in [0.5, 0.6) is 0 Å². The van der Waals surface area contributed by atoms with Gasteiger partial charge in [-0.1, -0.05) is 18.2 Å². The topological polar surface area (TPSA) is 59.1 Å². The molecule has 3 heterocycles. The van der Waals surface area contributed by atoms with Crippen LogP contribution in [0.2, 0.25) is 0 Å². The zero-order valence-corrected chi connectivity index (χ0v) is 17.7. The Hall–Kier alpha value is -1.92. The molecule has 0 aromatic heterocycles. The average molecular weight is 401 g/mol. The minimum Gasteiger partial charge on any atom is -0.445 e. The zero-order valence-electron chi connectivity index (χ0n) is 17.7. The normalized spacial score (nSPS) is 31.3. The molecule has 6 heteroatoms. The van der Waals surface area contributed by atoms with Crippen molar-refractivity contribution in [2.45, 2.75) is 57.8 Å². The van der Waals surface area contributed by atoms with Crippen LogP contribution >= 0.6 is 0 Å². The number of carbonyl (C=O) groups is 2. The molecule has 1 aromatic carbocycles. The Bertz CT molecular complexity index is 764. The summed E-state index contributed by atoms with van der Waals surface area (Å²) in [6.07, 6.45) is 2.99. The largest absolute Gasteiger partial charge is 0.445 e. The van der Waals surface area contributed by atoms with Crippen molar-refractivity contribution in [3.63, 3.8) is 0 Å². The maximum Gasteiger partial charge on any atom is 0.339 e. The number of cyclic esters (lactones) is 1. The molecule has 0 N–H and O–H groups in total. The van der Waals surface area contributed by atoms with Gasteiger partial charge in [0.2, 0.25) is 0 Å². The van der Waals surface area contributed by atoms with E-state index in [1.54, 1.807) is 13.0 Å². The van der Waals surface area contributed by atoms with Gasteiger partial charge in [-0.25, -0.2) is 4.79 Å². The lowest BCUT2D eigenvalue weighted by Gasteiger charge is -2.42. The molecule has 2 saturated heterocycles. The predicted molar refractivity (Wildman–Crippen MR) is 110 cm³/mol. The first-order valence-corrected chi connectivity index (χ1v) is 10.8. The van der Waals surface area contributed by atoms with Gasteiger partial charge in [-0.2, -0.15) is 0 Å². The molecule has 158 valence electrons. The standard InChI is InChI=1S/C23H32N2O4/c1-16-13-24(14-17(2)28-16)15-18-8-10-25(11-9-18)22(27)23(3)12-19-6-4-5-7-20(19)21(26)29-23/h4-7,16-18H,8-15H2,1-3H3. The average Bonchev–Trinajstić information content (AvgIpc) is 2.67. The zero-order chi connectivity index (χ0) is 20.6. The first-order valence-electron chi connectivity index (χ1n) is 10.8. The molecule has 4 rings (SSSR count). The summed E-state index contributed by atoms with van der Waals surface area (Å²) in [6.45, 7) is 10.5. The predicted octanol–water partition coefficient (Wildman–Crippen LogP) is 2.51. The number of morpholine rings is 1. The van der Waals surface area contributed by atoms with Crippen LogP contribution in [0.4, 0.5) is 0 Å². The Labute approximate surface area is 173 Å². The van der Waals surface area contributed by atoms with Gasteiger partial charge in [0.15, 0.2) is 5.60 Å². The van der Waals surface area contributed by atoms with Crippen LogP contribution in [0.3, 0.4) is 0 Å². The van der Waals surface area contributed by atoms with Crippen LogP contribution in [0.25, 0.3) is 0 Å². The number of amides is 1. The molecule has 0 radical (unpaired) electrons. The molecule has 0 saturated carbocycles. The Morgan fingerprint density at radius 1 is 1.14 bits per heavy atom. The van der Waals surface area contributed by atoms with Crippen molar-refractivity contribution in [1.29, 1.82) is 0 Å². The van der Waals surface area contributed by atoms with Gasteiger partial charge in [0.05, 0.1) is 17.8 Å². The number of hydrogen-bond acceptors (Lipinski definition) is 5.